The monoisotopic (exact) mass is 434 g/mol. The van der Waals surface area contributed by atoms with Crippen LogP contribution in [0.1, 0.15) is 10.6 Å². The Morgan fingerprint density at radius 2 is 1.60 bits per heavy atom. The van der Waals surface area contributed by atoms with E-state index in [0.29, 0.717) is 18.9 Å². The minimum Gasteiger partial charge on any atom is -0.438 e. The van der Waals surface area contributed by atoms with Crippen LogP contribution in [0.3, 0.4) is 0 Å². The molecule has 0 spiro atoms. The first kappa shape index (κ1) is 20.9. The number of nitrogens with one attached hydrogen (secondary N) is 1. The molecule has 2 aromatic rings. The Hall–Kier alpha value is -2.40. The number of rotatable bonds is 5. The Kier molecular flexibility index (Phi) is 6.09. The number of likely N-dealkylation sites (N-methyl/N-ethyl adjacent to an activating group) is 1. The summed E-state index contributed by atoms with van der Waals surface area (Å²) in [5, 5.41) is 2.52. The molecule has 0 radical (unpaired) electrons. The molecule has 0 unspecified atom stereocenters. The van der Waals surface area contributed by atoms with Crippen LogP contribution in [0.2, 0.25) is 0 Å². The summed E-state index contributed by atoms with van der Waals surface area (Å²) in [7, 11) is -1.66. The van der Waals surface area contributed by atoms with E-state index in [9.17, 15) is 13.2 Å². The molecule has 2 saturated heterocycles. The average molecular weight is 435 g/mol. The molecule has 0 bridgehead atoms. The third-order valence-electron chi connectivity index (χ3n) is 5.36. The van der Waals surface area contributed by atoms with E-state index in [-0.39, 0.29) is 23.9 Å². The van der Waals surface area contributed by atoms with Gasteiger partial charge in [0.05, 0.1) is 13.2 Å². The number of nitrogens with zero attached hydrogens (tertiary/aromatic N) is 3. The van der Waals surface area contributed by atoms with Crippen molar-refractivity contribution in [2.45, 2.75) is 5.09 Å². The lowest BCUT2D eigenvalue weighted by atomic mass is 10.2. The van der Waals surface area contributed by atoms with Gasteiger partial charge in [-0.05, 0) is 43.4 Å². The van der Waals surface area contributed by atoms with Gasteiger partial charge in [0.1, 0.15) is 0 Å². The third-order valence-corrected chi connectivity index (χ3v) is 7.14. The van der Waals surface area contributed by atoms with Crippen LogP contribution in [-0.4, -0.2) is 83.1 Å². The predicted octanol–water partition coefficient (Wildman–Crippen LogP) is 1.30. The molecule has 1 N–H and O–H groups in total. The van der Waals surface area contributed by atoms with Crippen molar-refractivity contribution >= 4 is 27.3 Å². The highest BCUT2D eigenvalue weighted by Gasteiger charge is 2.30. The van der Waals surface area contributed by atoms with Gasteiger partial charge in [0, 0.05) is 50.6 Å². The molecule has 9 nitrogen and oxygen atoms in total. The van der Waals surface area contributed by atoms with Crippen molar-refractivity contribution in [2.24, 2.45) is 0 Å². The van der Waals surface area contributed by atoms with Gasteiger partial charge in [-0.15, -0.1) is 0 Å². The Morgan fingerprint density at radius 1 is 0.933 bits per heavy atom. The first-order valence-corrected chi connectivity index (χ1v) is 11.4. The van der Waals surface area contributed by atoms with E-state index in [0.717, 1.165) is 31.9 Å². The first-order chi connectivity index (χ1) is 14.4. The molecule has 10 heteroatoms. The van der Waals surface area contributed by atoms with Crippen molar-refractivity contribution in [3.05, 3.63) is 42.2 Å². The minimum absolute atomic E-state index is 0.0509. The van der Waals surface area contributed by atoms with Gasteiger partial charge in [-0.1, -0.05) is 0 Å². The SMILES string of the molecule is CN1CCN(c2ccc(NC(=O)c3ccc(S(=O)(=O)N4CCOCC4)o3)cc2)CC1. The zero-order valence-corrected chi connectivity index (χ0v) is 17.7. The zero-order chi connectivity index (χ0) is 21.1. The fraction of sp³-hybridized carbons (Fsp3) is 0.450. The van der Waals surface area contributed by atoms with E-state index >= 15 is 0 Å². The van der Waals surface area contributed by atoms with Crippen molar-refractivity contribution in [1.29, 1.82) is 0 Å². The van der Waals surface area contributed by atoms with Crippen LogP contribution in [0, 0.1) is 0 Å². The molecule has 1 aromatic heterocycles. The normalized spacial score (nSPS) is 19.0. The van der Waals surface area contributed by atoms with E-state index in [2.05, 4.69) is 22.2 Å². The smallest absolute Gasteiger partial charge is 0.291 e. The maximum atomic E-state index is 12.6. The Balaban J connectivity index is 1.39. The third kappa shape index (κ3) is 4.51. The number of carbonyl (C=O) groups is 1. The quantitative estimate of drug-likeness (QED) is 0.758. The maximum absolute atomic E-state index is 12.6. The van der Waals surface area contributed by atoms with Crippen LogP contribution >= 0.6 is 0 Å². The molecule has 30 heavy (non-hydrogen) atoms. The summed E-state index contributed by atoms with van der Waals surface area (Å²) in [4.78, 5) is 17.1. The second-order valence-electron chi connectivity index (χ2n) is 7.43. The van der Waals surface area contributed by atoms with Crippen LogP contribution in [0.15, 0.2) is 45.9 Å². The molecule has 1 amide bonds. The number of ether oxygens (including phenoxy) is 1. The van der Waals surface area contributed by atoms with Crippen molar-refractivity contribution < 1.29 is 22.4 Å². The van der Waals surface area contributed by atoms with Crippen molar-refractivity contribution in [1.82, 2.24) is 9.21 Å². The molecule has 2 aliphatic rings. The number of hydrogen-bond donors (Lipinski definition) is 1. The van der Waals surface area contributed by atoms with E-state index in [1.54, 1.807) is 0 Å². The summed E-state index contributed by atoms with van der Waals surface area (Å²) in [5.41, 5.74) is 1.73. The molecule has 162 valence electrons. The molecule has 1 aromatic carbocycles. The summed E-state index contributed by atoms with van der Waals surface area (Å²) in [5.74, 6) is -0.546. The summed E-state index contributed by atoms with van der Waals surface area (Å²) >= 11 is 0. The van der Waals surface area contributed by atoms with Gasteiger partial charge in [0.15, 0.2) is 5.76 Å². The van der Waals surface area contributed by atoms with E-state index in [1.165, 1.54) is 16.4 Å². The second kappa shape index (κ2) is 8.76. The van der Waals surface area contributed by atoms with E-state index in [1.807, 2.05) is 24.3 Å². The molecule has 0 atom stereocenters. The van der Waals surface area contributed by atoms with Gasteiger partial charge in [0.25, 0.3) is 15.9 Å². The number of benzene rings is 1. The molecule has 3 heterocycles. The van der Waals surface area contributed by atoms with Gasteiger partial charge < -0.3 is 24.3 Å². The standard InChI is InChI=1S/C20H26N4O5S/c1-22-8-10-23(11-9-22)17-4-2-16(3-5-17)21-20(25)18-6-7-19(29-18)30(26,27)24-12-14-28-15-13-24/h2-7H,8-15H2,1H3,(H,21,25). The van der Waals surface area contributed by atoms with Crippen molar-refractivity contribution in [3.8, 4) is 0 Å². The zero-order valence-electron chi connectivity index (χ0n) is 16.9. The maximum Gasteiger partial charge on any atom is 0.291 e. The molecule has 2 fully saturated rings. The number of amides is 1. The second-order valence-corrected chi connectivity index (χ2v) is 9.30. The van der Waals surface area contributed by atoms with Gasteiger partial charge in [0.2, 0.25) is 5.09 Å². The number of piperazine rings is 1. The van der Waals surface area contributed by atoms with Crippen LogP contribution in [0.5, 0.6) is 0 Å². The van der Waals surface area contributed by atoms with Crippen LogP contribution < -0.4 is 10.2 Å². The fourth-order valence-electron chi connectivity index (χ4n) is 3.51. The largest absolute Gasteiger partial charge is 0.438 e. The Labute approximate surface area is 176 Å². The Bertz CT molecular complexity index is 975. The van der Waals surface area contributed by atoms with Gasteiger partial charge in [-0.25, -0.2) is 8.42 Å². The number of morpholine rings is 1. The highest BCUT2D eigenvalue weighted by molar-refractivity contribution is 7.89. The summed E-state index contributed by atoms with van der Waals surface area (Å²) < 4.78 is 37.1. The highest BCUT2D eigenvalue weighted by atomic mass is 32.2. The molecule has 4 rings (SSSR count). The van der Waals surface area contributed by atoms with Crippen LogP contribution in [0.25, 0.3) is 0 Å². The number of carbonyl (C=O) groups excluding carboxylic acids is 1. The lowest BCUT2D eigenvalue weighted by Gasteiger charge is -2.34. The molecular formula is C20H26N4O5S. The number of sulfonamides is 1. The van der Waals surface area contributed by atoms with Gasteiger partial charge >= 0.3 is 0 Å². The van der Waals surface area contributed by atoms with Gasteiger partial charge in [-0.3, -0.25) is 4.79 Å². The Morgan fingerprint density at radius 3 is 2.27 bits per heavy atom. The number of hydrogen-bond acceptors (Lipinski definition) is 7. The lowest BCUT2D eigenvalue weighted by molar-refractivity contribution is 0.0723. The van der Waals surface area contributed by atoms with E-state index in [4.69, 9.17) is 9.15 Å². The minimum atomic E-state index is -3.77. The van der Waals surface area contributed by atoms with E-state index < -0.39 is 15.9 Å². The van der Waals surface area contributed by atoms with Gasteiger partial charge in [-0.2, -0.15) is 4.31 Å². The molecule has 2 aliphatic heterocycles. The molecule has 0 saturated carbocycles. The number of anilines is 2. The first-order valence-electron chi connectivity index (χ1n) is 9.96. The molecule has 0 aliphatic carbocycles. The average Bonchev–Trinajstić information content (AvgIpc) is 3.27. The predicted molar refractivity (Wildman–Crippen MR) is 112 cm³/mol. The van der Waals surface area contributed by atoms with Crippen molar-refractivity contribution in [2.75, 3.05) is 69.7 Å². The lowest BCUT2D eigenvalue weighted by Crippen LogP contribution is -2.44. The van der Waals surface area contributed by atoms with Crippen LogP contribution in [-0.2, 0) is 14.8 Å². The number of furan rings is 1. The van der Waals surface area contributed by atoms with Crippen LogP contribution in [0.4, 0.5) is 11.4 Å². The fourth-order valence-corrected chi connectivity index (χ4v) is 4.83. The summed E-state index contributed by atoms with van der Waals surface area (Å²) in [6.07, 6.45) is 0. The molecular weight excluding hydrogens is 408 g/mol. The summed E-state index contributed by atoms with van der Waals surface area (Å²) in [6, 6.07) is 10.3. The highest BCUT2D eigenvalue weighted by Crippen LogP contribution is 2.22. The summed E-state index contributed by atoms with van der Waals surface area (Å²) in [6.45, 7) is 5.20. The topological polar surface area (TPSA) is 95.3 Å². The van der Waals surface area contributed by atoms with Crippen molar-refractivity contribution in [3.63, 3.8) is 0 Å².